The molecule has 0 amide bonds. The Morgan fingerprint density at radius 1 is 1.52 bits per heavy atom. The van der Waals surface area contributed by atoms with Crippen LogP contribution in [0.5, 0.6) is 0 Å². The van der Waals surface area contributed by atoms with Gasteiger partial charge in [-0.1, -0.05) is 6.04 Å². The SMILES string of the molecule is [2H]c1cc(N)c2c(=O)n(C3([2H])CC([2H])([2H])C(=O)CC3=O)c(C([2H])[2H])nc2c1. The standard InChI is InChI=1S/C15H15N3O3/c1-8-17-11-4-2-3-10(16)14(11)15(21)18(8)12-6-5-9(19)7-13(12)20/h2-4,12H,5-7,16H2,1H3/i1D2,2D,5D2,12D. The predicted molar refractivity (Wildman–Crippen MR) is 78.1 cm³/mol. The largest absolute Gasteiger partial charge is 0.398 e. The Kier molecular flexibility index (Phi) is 1.84. The summed E-state index contributed by atoms with van der Waals surface area (Å²) < 4.78 is 47.5. The van der Waals surface area contributed by atoms with Crippen LogP contribution in [0, 0.1) is 6.88 Å². The maximum Gasteiger partial charge on any atom is 0.264 e. The van der Waals surface area contributed by atoms with Crippen molar-refractivity contribution >= 4 is 28.2 Å². The third-order valence-corrected chi connectivity index (χ3v) is 3.25. The lowest BCUT2D eigenvalue weighted by atomic mass is 9.92. The van der Waals surface area contributed by atoms with Crippen molar-refractivity contribution in [3.63, 3.8) is 0 Å². The van der Waals surface area contributed by atoms with Crippen LogP contribution in [0.25, 0.3) is 10.9 Å². The number of anilines is 1. The lowest BCUT2D eigenvalue weighted by molar-refractivity contribution is -0.132. The molecule has 0 radical (unpaired) electrons. The minimum absolute atomic E-state index is 0.0571. The molecule has 1 aliphatic carbocycles. The lowest BCUT2D eigenvalue weighted by Crippen LogP contribution is -2.36. The van der Waals surface area contributed by atoms with Gasteiger partial charge in [-0.15, -0.1) is 0 Å². The van der Waals surface area contributed by atoms with Crippen molar-refractivity contribution in [2.75, 3.05) is 5.73 Å². The maximum absolute atomic E-state index is 13.1. The number of Topliss-reactive ketones (excluding diaryl/α,β-unsaturated/α-hetero) is 2. The molecule has 0 spiro atoms. The van der Waals surface area contributed by atoms with Gasteiger partial charge in [-0.2, -0.15) is 0 Å². The Morgan fingerprint density at radius 2 is 2.33 bits per heavy atom. The summed E-state index contributed by atoms with van der Waals surface area (Å²) in [7, 11) is 0. The van der Waals surface area contributed by atoms with Crippen molar-refractivity contribution in [3.8, 4) is 0 Å². The van der Waals surface area contributed by atoms with Crippen molar-refractivity contribution < 1.29 is 17.8 Å². The van der Waals surface area contributed by atoms with Crippen LogP contribution >= 0.6 is 0 Å². The van der Waals surface area contributed by atoms with Crippen LogP contribution in [0.15, 0.2) is 23.0 Å². The molecule has 1 saturated carbocycles. The zero-order valence-corrected chi connectivity index (χ0v) is 10.8. The molecule has 2 aromatic rings. The van der Waals surface area contributed by atoms with Crippen LogP contribution < -0.4 is 11.3 Å². The number of aryl methyl sites for hydroxylation is 1. The highest BCUT2D eigenvalue weighted by Gasteiger charge is 2.30. The summed E-state index contributed by atoms with van der Waals surface area (Å²) in [6.07, 6.45) is -4.36. The van der Waals surface area contributed by atoms with Crippen LogP contribution in [0.1, 0.15) is 39.3 Å². The molecule has 2 N–H and O–H groups in total. The molecule has 21 heavy (non-hydrogen) atoms. The second-order valence-electron chi connectivity index (χ2n) is 4.60. The molecule has 1 aliphatic rings. The molecular weight excluding hydrogens is 270 g/mol. The van der Waals surface area contributed by atoms with Gasteiger partial charge in [-0.25, -0.2) is 4.98 Å². The summed E-state index contributed by atoms with van der Waals surface area (Å²) in [5.41, 5.74) is 4.60. The summed E-state index contributed by atoms with van der Waals surface area (Å²) in [6, 6.07) is -0.224. The van der Waals surface area contributed by atoms with Gasteiger partial charge >= 0.3 is 0 Å². The molecule has 1 unspecified atom stereocenters. The van der Waals surface area contributed by atoms with Crippen molar-refractivity contribution in [2.45, 2.75) is 32.1 Å². The highest BCUT2D eigenvalue weighted by atomic mass is 16.2. The zero-order valence-electron chi connectivity index (χ0n) is 16.8. The van der Waals surface area contributed by atoms with Crippen LogP contribution in [0.3, 0.4) is 0 Å². The summed E-state index contributed by atoms with van der Waals surface area (Å²) in [4.78, 5) is 41.3. The number of nitrogen functional groups attached to an aromatic ring is 1. The first-order valence-electron chi connectivity index (χ1n) is 9.28. The summed E-state index contributed by atoms with van der Waals surface area (Å²) in [5.74, 6) is -2.58. The maximum atomic E-state index is 13.1. The fraction of sp³-hybridized carbons (Fsp3) is 0.333. The topological polar surface area (TPSA) is 95.0 Å². The van der Waals surface area contributed by atoms with Crippen LogP contribution in [0.4, 0.5) is 5.69 Å². The second-order valence-corrected chi connectivity index (χ2v) is 4.60. The third kappa shape index (κ3) is 2.12. The molecule has 3 rings (SSSR count). The molecule has 0 aliphatic heterocycles. The Hall–Kier alpha value is -2.50. The normalized spacial score (nSPS) is 29.4. The van der Waals surface area contributed by atoms with E-state index in [0.29, 0.717) is 4.57 Å². The molecule has 1 aromatic carbocycles. The van der Waals surface area contributed by atoms with Gasteiger partial charge in [0.2, 0.25) is 0 Å². The Balaban J connectivity index is 2.41. The van der Waals surface area contributed by atoms with Crippen LogP contribution in [0.2, 0.25) is 0 Å². The number of carbonyl (C=O) groups excluding carboxylic acids is 2. The first-order chi connectivity index (χ1) is 12.4. The van der Waals surface area contributed by atoms with Gasteiger partial charge in [0.05, 0.1) is 26.1 Å². The van der Waals surface area contributed by atoms with E-state index in [2.05, 4.69) is 4.98 Å². The summed E-state index contributed by atoms with van der Waals surface area (Å²) in [6.45, 7) is -1.88. The highest BCUT2D eigenvalue weighted by molar-refractivity contribution is 6.03. The predicted octanol–water partition coefficient (Wildman–Crippen LogP) is 1.15. The number of benzene rings is 1. The molecule has 0 bridgehead atoms. The molecule has 1 aromatic heterocycles. The average Bonchev–Trinajstić information content (AvgIpc) is 2.51. The number of aromatic nitrogens is 2. The van der Waals surface area contributed by atoms with Gasteiger partial charge in [-0.05, 0) is 25.4 Å². The monoisotopic (exact) mass is 291 g/mol. The summed E-state index contributed by atoms with van der Waals surface area (Å²) in [5, 5.41) is -0.202. The highest BCUT2D eigenvalue weighted by Crippen LogP contribution is 2.24. The Morgan fingerprint density at radius 3 is 3.10 bits per heavy atom. The molecule has 108 valence electrons. The fourth-order valence-corrected chi connectivity index (χ4v) is 2.27. The minimum Gasteiger partial charge on any atom is -0.398 e. The minimum atomic E-state index is -2.54. The fourth-order valence-electron chi connectivity index (χ4n) is 2.27. The van der Waals surface area contributed by atoms with E-state index in [0.717, 1.165) is 0 Å². The molecule has 1 heterocycles. The van der Waals surface area contributed by atoms with E-state index in [1.54, 1.807) is 0 Å². The quantitative estimate of drug-likeness (QED) is 0.628. The van der Waals surface area contributed by atoms with Gasteiger partial charge in [-0.3, -0.25) is 19.0 Å². The van der Waals surface area contributed by atoms with E-state index in [-0.39, 0.29) is 22.6 Å². The third-order valence-electron chi connectivity index (χ3n) is 3.25. The molecule has 1 fully saturated rings. The van der Waals surface area contributed by atoms with Gasteiger partial charge in [0.15, 0.2) is 5.78 Å². The van der Waals surface area contributed by atoms with E-state index in [4.69, 9.17) is 14.0 Å². The number of nitrogens with zero attached hydrogens (tertiary/aromatic N) is 2. The van der Waals surface area contributed by atoms with E-state index in [1.165, 1.54) is 12.1 Å². The first-order valence-corrected chi connectivity index (χ1v) is 6.13. The number of hydrogen-bond acceptors (Lipinski definition) is 5. The first kappa shape index (κ1) is 8.07. The molecule has 1 atom stereocenters. The zero-order chi connectivity index (χ0) is 20.3. The number of rotatable bonds is 1. The van der Waals surface area contributed by atoms with Crippen LogP contribution in [-0.2, 0) is 9.59 Å². The molecule has 6 heteroatoms. The van der Waals surface area contributed by atoms with E-state index in [9.17, 15) is 14.4 Å². The van der Waals surface area contributed by atoms with Crippen molar-refractivity contribution in [1.29, 1.82) is 0 Å². The van der Waals surface area contributed by atoms with Crippen molar-refractivity contribution in [1.82, 2.24) is 9.55 Å². The van der Waals surface area contributed by atoms with Gasteiger partial charge in [0.25, 0.3) is 5.56 Å². The Bertz CT molecular complexity index is 1050. The van der Waals surface area contributed by atoms with E-state index in [1.807, 2.05) is 0 Å². The van der Waals surface area contributed by atoms with Crippen LogP contribution in [-0.4, -0.2) is 21.1 Å². The number of ketones is 2. The van der Waals surface area contributed by atoms with E-state index >= 15 is 0 Å². The lowest BCUT2D eigenvalue weighted by Gasteiger charge is -2.24. The number of nitrogens with two attached hydrogens (primary N) is 1. The average molecular weight is 291 g/mol. The molecule has 0 saturated heterocycles. The smallest absolute Gasteiger partial charge is 0.264 e. The molecular formula is C15H15N3O3. The number of carbonyl (C=O) groups is 2. The van der Waals surface area contributed by atoms with Gasteiger partial charge in [0, 0.05) is 17.5 Å². The number of fused-ring (bicyclic) bond motifs is 1. The van der Waals surface area contributed by atoms with Crippen molar-refractivity contribution in [2.24, 2.45) is 0 Å². The van der Waals surface area contributed by atoms with Gasteiger partial charge < -0.3 is 5.73 Å². The summed E-state index contributed by atoms with van der Waals surface area (Å²) >= 11 is 0. The number of hydrogen-bond donors (Lipinski definition) is 1. The van der Waals surface area contributed by atoms with Crippen molar-refractivity contribution in [3.05, 3.63) is 34.4 Å². The van der Waals surface area contributed by atoms with Gasteiger partial charge in [0.1, 0.15) is 11.6 Å². The Labute approximate surface area is 129 Å². The molecule has 6 nitrogen and oxygen atoms in total. The van der Waals surface area contributed by atoms with E-state index < -0.39 is 55.1 Å². The second kappa shape index (κ2) is 4.80.